The van der Waals surface area contributed by atoms with Crippen LogP contribution in [-0.2, 0) is 5.41 Å². The predicted molar refractivity (Wildman–Crippen MR) is 282 cm³/mol. The summed E-state index contributed by atoms with van der Waals surface area (Å²) in [5, 5.41) is 2.44. The number of fused-ring (bicyclic) bond motifs is 6. The molecule has 0 bridgehead atoms. The van der Waals surface area contributed by atoms with Crippen LogP contribution in [0.1, 0.15) is 25.0 Å². The van der Waals surface area contributed by atoms with Crippen LogP contribution >= 0.6 is 0 Å². The minimum atomic E-state index is -0.228. The third kappa shape index (κ3) is 6.93. The highest BCUT2D eigenvalue weighted by molar-refractivity contribution is 6.13. The van der Waals surface area contributed by atoms with E-state index < -0.39 is 0 Å². The van der Waals surface area contributed by atoms with Gasteiger partial charge in [-0.15, -0.1) is 0 Å². The van der Waals surface area contributed by atoms with E-state index in [1.165, 1.54) is 38.5 Å². The first-order valence-electron chi connectivity index (χ1n) is 23.1. The summed E-state index contributed by atoms with van der Waals surface area (Å²) in [4.78, 5) is 7.05. The molecule has 0 atom stereocenters. The summed E-state index contributed by atoms with van der Waals surface area (Å²) in [6.45, 7) is 4.77. The van der Waals surface area contributed by atoms with Gasteiger partial charge in [0.25, 0.3) is 0 Å². The van der Waals surface area contributed by atoms with Crippen LogP contribution in [0.4, 0.5) is 51.2 Å². The molecular weight excluding hydrogens is 813 g/mol. The molecule has 1 aliphatic carbocycles. The molecule has 0 aliphatic heterocycles. The van der Waals surface area contributed by atoms with Gasteiger partial charge in [0.2, 0.25) is 0 Å². The zero-order chi connectivity index (χ0) is 44.9. The molecule has 0 saturated carbocycles. The highest BCUT2D eigenvalue weighted by Gasteiger charge is 2.37. The molecule has 11 aromatic rings. The Labute approximate surface area is 392 Å². The van der Waals surface area contributed by atoms with Crippen LogP contribution in [-0.4, -0.2) is 4.57 Å². The second-order valence-electron chi connectivity index (χ2n) is 17.8. The van der Waals surface area contributed by atoms with E-state index in [1.54, 1.807) is 0 Å². The molecule has 320 valence electrons. The molecule has 1 aromatic heterocycles. The number of anilines is 9. The van der Waals surface area contributed by atoms with Gasteiger partial charge in [-0.05, 0) is 162 Å². The van der Waals surface area contributed by atoms with E-state index in [0.29, 0.717) is 0 Å². The SMILES string of the molecule is CC1(C)c2ccc(N(c3ccccc3)c3ccccc3)cc2-c2cc3c(cc21)c1cc(N(c2ccccc2)c2ccccc2)ccc1n3-c1ccc(N(c2ccccc2)c2ccccc2)cc1. The lowest BCUT2D eigenvalue weighted by atomic mass is 9.82. The topological polar surface area (TPSA) is 14.7 Å². The Bertz CT molecular complexity index is 3400. The highest BCUT2D eigenvalue weighted by Crippen LogP contribution is 2.53. The van der Waals surface area contributed by atoms with Crippen molar-refractivity contribution in [2.24, 2.45) is 0 Å². The van der Waals surface area contributed by atoms with Crippen molar-refractivity contribution in [1.82, 2.24) is 4.57 Å². The van der Waals surface area contributed by atoms with Gasteiger partial charge in [-0.3, -0.25) is 0 Å². The summed E-state index contributed by atoms with van der Waals surface area (Å²) in [5.41, 5.74) is 18.4. The minimum absolute atomic E-state index is 0.228. The molecule has 0 saturated heterocycles. The molecule has 67 heavy (non-hydrogen) atoms. The highest BCUT2D eigenvalue weighted by atomic mass is 15.2. The fourth-order valence-corrected chi connectivity index (χ4v) is 10.3. The Kier molecular flexibility index (Phi) is 9.80. The minimum Gasteiger partial charge on any atom is -0.311 e. The van der Waals surface area contributed by atoms with Crippen molar-refractivity contribution in [2.45, 2.75) is 19.3 Å². The van der Waals surface area contributed by atoms with Gasteiger partial charge >= 0.3 is 0 Å². The Balaban J connectivity index is 1.07. The van der Waals surface area contributed by atoms with Crippen molar-refractivity contribution in [3.05, 3.63) is 266 Å². The van der Waals surface area contributed by atoms with Crippen LogP contribution in [0.25, 0.3) is 38.6 Å². The summed E-state index contributed by atoms with van der Waals surface area (Å²) in [5.74, 6) is 0. The number of aromatic nitrogens is 1. The summed E-state index contributed by atoms with van der Waals surface area (Å²) < 4.78 is 2.47. The van der Waals surface area contributed by atoms with Crippen molar-refractivity contribution >= 4 is 73.0 Å². The van der Waals surface area contributed by atoms with Crippen LogP contribution in [0.15, 0.2) is 255 Å². The number of hydrogen-bond donors (Lipinski definition) is 0. The Morgan fingerprint density at radius 2 is 0.627 bits per heavy atom. The number of hydrogen-bond acceptors (Lipinski definition) is 3. The lowest BCUT2D eigenvalue weighted by Gasteiger charge is -2.27. The van der Waals surface area contributed by atoms with E-state index in [2.05, 4.69) is 288 Å². The summed E-state index contributed by atoms with van der Waals surface area (Å²) in [7, 11) is 0. The fraction of sp³-hybridized carbons (Fsp3) is 0.0476. The average molecular weight is 861 g/mol. The molecule has 1 aliphatic rings. The van der Waals surface area contributed by atoms with Gasteiger partial charge in [-0.25, -0.2) is 0 Å². The van der Waals surface area contributed by atoms with E-state index in [1.807, 2.05) is 0 Å². The maximum absolute atomic E-state index is 2.50. The molecule has 0 amide bonds. The van der Waals surface area contributed by atoms with Crippen LogP contribution in [0.2, 0.25) is 0 Å². The molecule has 4 nitrogen and oxygen atoms in total. The van der Waals surface area contributed by atoms with Crippen molar-refractivity contribution in [1.29, 1.82) is 0 Å². The quantitative estimate of drug-likeness (QED) is 0.136. The molecule has 10 aromatic carbocycles. The van der Waals surface area contributed by atoms with Gasteiger partial charge in [-0.1, -0.05) is 129 Å². The third-order valence-electron chi connectivity index (χ3n) is 13.5. The van der Waals surface area contributed by atoms with Crippen molar-refractivity contribution in [3.63, 3.8) is 0 Å². The maximum atomic E-state index is 2.50. The molecule has 0 spiro atoms. The van der Waals surface area contributed by atoms with Crippen LogP contribution < -0.4 is 14.7 Å². The molecule has 0 radical (unpaired) electrons. The number of benzene rings is 10. The molecule has 12 rings (SSSR count). The largest absolute Gasteiger partial charge is 0.311 e. The molecule has 4 heteroatoms. The first-order valence-corrected chi connectivity index (χ1v) is 23.1. The van der Waals surface area contributed by atoms with Gasteiger partial charge < -0.3 is 19.3 Å². The Morgan fingerprint density at radius 1 is 0.284 bits per heavy atom. The zero-order valence-electron chi connectivity index (χ0n) is 37.5. The number of rotatable bonds is 10. The van der Waals surface area contributed by atoms with E-state index in [4.69, 9.17) is 0 Å². The zero-order valence-corrected chi connectivity index (χ0v) is 37.5. The lowest BCUT2D eigenvalue weighted by molar-refractivity contribution is 0.661. The van der Waals surface area contributed by atoms with E-state index >= 15 is 0 Å². The smallest absolute Gasteiger partial charge is 0.0547 e. The second-order valence-corrected chi connectivity index (χ2v) is 17.8. The van der Waals surface area contributed by atoms with Crippen molar-refractivity contribution < 1.29 is 0 Å². The summed E-state index contributed by atoms with van der Waals surface area (Å²) in [6.07, 6.45) is 0. The van der Waals surface area contributed by atoms with Gasteiger partial charge in [-0.2, -0.15) is 0 Å². The van der Waals surface area contributed by atoms with Gasteiger partial charge in [0.1, 0.15) is 0 Å². The Morgan fingerprint density at radius 3 is 1.07 bits per heavy atom. The second kappa shape index (κ2) is 16.4. The van der Waals surface area contributed by atoms with Crippen LogP contribution in [0.3, 0.4) is 0 Å². The first kappa shape index (κ1) is 40.0. The van der Waals surface area contributed by atoms with Gasteiger partial charge in [0.15, 0.2) is 0 Å². The molecule has 1 heterocycles. The molecule has 0 N–H and O–H groups in total. The standard InChI is InChI=1S/C63H48N4/c1-63(2)59-39-37-53(65(47-25-13-5-14-26-47)48-27-15-6-16-28-48)41-55(59)56-44-62-58(43-60(56)63)57-42-54(66(49-29-17-7-18-30-49)50-31-19-8-20-32-50)38-40-61(57)67(62)52-35-33-51(34-36-52)64(45-21-9-3-10-22-45)46-23-11-4-12-24-46/h3-44H,1-2H3. The summed E-state index contributed by atoms with van der Waals surface area (Å²) >= 11 is 0. The predicted octanol–water partition coefficient (Wildman–Crippen LogP) is 17.5. The van der Waals surface area contributed by atoms with Crippen molar-refractivity contribution in [3.8, 4) is 16.8 Å². The van der Waals surface area contributed by atoms with E-state index in [9.17, 15) is 0 Å². The number of nitrogens with zero attached hydrogens (tertiary/aromatic N) is 4. The normalized spacial score (nSPS) is 12.4. The monoisotopic (exact) mass is 860 g/mol. The van der Waals surface area contributed by atoms with Gasteiger partial charge in [0, 0.05) is 73.1 Å². The van der Waals surface area contributed by atoms with E-state index in [0.717, 1.165) is 62.4 Å². The van der Waals surface area contributed by atoms with Crippen molar-refractivity contribution in [2.75, 3.05) is 14.7 Å². The van der Waals surface area contributed by atoms with Gasteiger partial charge in [0.05, 0.1) is 11.0 Å². The van der Waals surface area contributed by atoms with Crippen LogP contribution in [0, 0.1) is 0 Å². The Hall–Kier alpha value is -8.60. The lowest BCUT2D eigenvalue weighted by Crippen LogP contribution is -2.15. The molecule has 0 unspecified atom stereocenters. The molecular formula is C63H48N4. The fourth-order valence-electron chi connectivity index (χ4n) is 10.3. The first-order chi connectivity index (χ1) is 33.0. The number of para-hydroxylation sites is 6. The maximum Gasteiger partial charge on any atom is 0.0547 e. The molecule has 0 fully saturated rings. The van der Waals surface area contributed by atoms with Crippen LogP contribution in [0.5, 0.6) is 0 Å². The average Bonchev–Trinajstić information content (AvgIpc) is 3.82. The third-order valence-corrected chi connectivity index (χ3v) is 13.5. The summed E-state index contributed by atoms with van der Waals surface area (Å²) in [6, 6.07) is 92.1. The van der Waals surface area contributed by atoms with E-state index in [-0.39, 0.29) is 5.41 Å².